The van der Waals surface area contributed by atoms with Crippen LogP contribution in [0.5, 0.6) is 0 Å². The summed E-state index contributed by atoms with van der Waals surface area (Å²) >= 11 is 0. The van der Waals surface area contributed by atoms with Crippen molar-refractivity contribution >= 4 is 0 Å². The molecule has 0 aliphatic carbocycles. The summed E-state index contributed by atoms with van der Waals surface area (Å²) in [5.74, 6) is 0. The van der Waals surface area contributed by atoms with Crippen LogP contribution in [0.15, 0.2) is 0 Å². The lowest BCUT2D eigenvalue weighted by atomic mass is 10.1. The zero-order chi connectivity index (χ0) is 7.82. The van der Waals surface area contributed by atoms with Gasteiger partial charge in [-0.15, -0.1) is 0 Å². The first-order valence-corrected chi connectivity index (χ1v) is 4.14. The molecule has 0 aliphatic rings. The minimum Gasteiger partial charge on any atom is -0.393 e. The Morgan fingerprint density at radius 1 is 1.40 bits per heavy atom. The van der Waals surface area contributed by atoms with Crippen LogP contribution in [0.4, 0.5) is 0 Å². The molecule has 0 radical (unpaired) electrons. The predicted molar refractivity (Wildman–Crippen MR) is 44.1 cm³/mol. The Labute approximate surface area is 63.6 Å². The number of rotatable bonds is 6. The summed E-state index contributed by atoms with van der Waals surface area (Å²) in [6.07, 6.45) is 3.98. The summed E-state index contributed by atoms with van der Waals surface area (Å²) < 4.78 is 0. The zero-order valence-corrected chi connectivity index (χ0v) is 7.06. The standard InChI is InChI=1S/C8H19NO/c1-3-5-8(10)6-4-7-9-2/h8-10H,3-7H2,1-2H3. The number of hydrogen-bond acceptors (Lipinski definition) is 2. The molecule has 0 aromatic carbocycles. The number of hydrogen-bond donors (Lipinski definition) is 2. The van der Waals surface area contributed by atoms with Crippen molar-refractivity contribution in [3.05, 3.63) is 0 Å². The Balaban J connectivity index is 2.97. The molecule has 10 heavy (non-hydrogen) atoms. The Morgan fingerprint density at radius 3 is 2.60 bits per heavy atom. The first-order chi connectivity index (χ1) is 4.81. The number of aliphatic hydroxyl groups is 1. The van der Waals surface area contributed by atoms with E-state index in [1.54, 1.807) is 0 Å². The molecule has 2 N–H and O–H groups in total. The lowest BCUT2D eigenvalue weighted by molar-refractivity contribution is 0.151. The lowest BCUT2D eigenvalue weighted by Crippen LogP contribution is -2.12. The predicted octanol–water partition coefficient (Wildman–Crippen LogP) is 1.15. The molecule has 2 heteroatoms. The average Bonchev–Trinajstić information content (AvgIpc) is 1.89. The van der Waals surface area contributed by atoms with E-state index in [4.69, 9.17) is 0 Å². The van der Waals surface area contributed by atoms with E-state index in [1.165, 1.54) is 0 Å². The zero-order valence-electron chi connectivity index (χ0n) is 7.06. The highest BCUT2D eigenvalue weighted by atomic mass is 16.3. The molecule has 0 aliphatic heterocycles. The van der Waals surface area contributed by atoms with Crippen molar-refractivity contribution in [3.63, 3.8) is 0 Å². The van der Waals surface area contributed by atoms with Gasteiger partial charge in [-0.05, 0) is 32.9 Å². The third kappa shape index (κ3) is 6.05. The maximum Gasteiger partial charge on any atom is 0.0540 e. The van der Waals surface area contributed by atoms with E-state index >= 15 is 0 Å². The normalized spacial score (nSPS) is 13.5. The van der Waals surface area contributed by atoms with Gasteiger partial charge < -0.3 is 10.4 Å². The van der Waals surface area contributed by atoms with Crippen LogP contribution in [-0.2, 0) is 0 Å². The van der Waals surface area contributed by atoms with Gasteiger partial charge in [-0.3, -0.25) is 0 Å². The molecular weight excluding hydrogens is 126 g/mol. The van der Waals surface area contributed by atoms with Crippen LogP contribution in [0, 0.1) is 0 Å². The summed E-state index contributed by atoms with van der Waals surface area (Å²) in [5, 5.41) is 12.3. The molecule has 2 nitrogen and oxygen atoms in total. The summed E-state index contributed by atoms with van der Waals surface area (Å²) in [6.45, 7) is 3.11. The Kier molecular flexibility index (Phi) is 6.98. The Bertz CT molecular complexity index is 66.3. The quantitative estimate of drug-likeness (QED) is 0.549. The van der Waals surface area contributed by atoms with Gasteiger partial charge in [-0.25, -0.2) is 0 Å². The van der Waals surface area contributed by atoms with E-state index in [0.29, 0.717) is 0 Å². The first-order valence-electron chi connectivity index (χ1n) is 4.14. The van der Waals surface area contributed by atoms with E-state index in [1.807, 2.05) is 7.05 Å². The monoisotopic (exact) mass is 145 g/mol. The van der Waals surface area contributed by atoms with Crippen LogP contribution >= 0.6 is 0 Å². The minimum atomic E-state index is -0.0710. The second-order valence-electron chi connectivity index (χ2n) is 2.69. The molecule has 0 heterocycles. The highest BCUT2D eigenvalue weighted by Gasteiger charge is 1.99. The van der Waals surface area contributed by atoms with Crippen LogP contribution in [0.3, 0.4) is 0 Å². The fourth-order valence-corrected chi connectivity index (χ4v) is 0.992. The fourth-order valence-electron chi connectivity index (χ4n) is 0.992. The second-order valence-corrected chi connectivity index (χ2v) is 2.69. The molecule has 0 aromatic heterocycles. The molecule has 0 saturated carbocycles. The van der Waals surface area contributed by atoms with E-state index in [0.717, 1.165) is 32.2 Å². The van der Waals surface area contributed by atoms with Gasteiger partial charge in [0.1, 0.15) is 0 Å². The van der Waals surface area contributed by atoms with Crippen molar-refractivity contribution in [1.82, 2.24) is 5.32 Å². The van der Waals surface area contributed by atoms with E-state index < -0.39 is 0 Å². The second kappa shape index (κ2) is 7.03. The number of nitrogens with one attached hydrogen (secondary N) is 1. The lowest BCUT2D eigenvalue weighted by Gasteiger charge is -2.07. The molecule has 0 aromatic rings. The van der Waals surface area contributed by atoms with E-state index in [9.17, 15) is 5.11 Å². The van der Waals surface area contributed by atoms with Crippen molar-refractivity contribution < 1.29 is 5.11 Å². The topological polar surface area (TPSA) is 32.3 Å². The molecular formula is C8H19NO. The summed E-state index contributed by atoms with van der Waals surface area (Å²) in [7, 11) is 1.94. The van der Waals surface area contributed by atoms with Gasteiger partial charge in [-0.2, -0.15) is 0 Å². The summed E-state index contributed by atoms with van der Waals surface area (Å²) in [5.41, 5.74) is 0. The minimum absolute atomic E-state index is 0.0710. The smallest absolute Gasteiger partial charge is 0.0540 e. The van der Waals surface area contributed by atoms with Crippen LogP contribution < -0.4 is 5.32 Å². The third-order valence-corrected chi connectivity index (χ3v) is 1.59. The maximum atomic E-state index is 9.25. The summed E-state index contributed by atoms with van der Waals surface area (Å²) in [6, 6.07) is 0. The highest BCUT2D eigenvalue weighted by molar-refractivity contribution is 4.54. The fraction of sp³-hybridized carbons (Fsp3) is 1.00. The molecule has 0 rings (SSSR count). The van der Waals surface area contributed by atoms with Crippen molar-refractivity contribution in [1.29, 1.82) is 0 Å². The van der Waals surface area contributed by atoms with Gasteiger partial charge in [0.25, 0.3) is 0 Å². The molecule has 1 unspecified atom stereocenters. The molecule has 0 bridgehead atoms. The van der Waals surface area contributed by atoms with E-state index in [2.05, 4.69) is 12.2 Å². The maximum absolute atomic E-state index is 9.25. The van der Waals surface area contributed by atoms with Crippen LogP contribution in [0.2, 0.25) is 0 Å². The largest absolute Gasteiger partial charge is 0.393 e. The molecule has 0 saturated heterocycles. The van der Waals surface area contributed by atoms with Crippen molar-refractivity contribution in [3.8, 4) is 0 Å². The average molecular weight is 145 g/mol. The van der Waals surface area contributed by atoms with Crippen LogP contribution in [0.1, 0.15) is 32.6 Å². The molecule has 0 spiro atoms. The van der Waals surface area contributed by atoms with Gasteiger partial charge in [0, 0.05) is 0 Å². The van der Waals surface area contributed by atoms with Crippen molar-refractivity contribution in [2.24, 2.45) is 0 Å². The molecule has 1 atom stereocenters. The van der Waals surface area contributed by atoms with Crippen LogP contribution in [-0.4, -0.2) is 24.8 Å². The number of aliphatic hydroxyl groups excluding tert-OH is 1. The van der Waals surface area contributed by atoms with Gasteiger partial charge in [0.05, 0.1) is 6.10 Å². The Morgan fingerprint density at radius 2 is 2.10 bits per heavy atom. The van der Waals surface area contributed by atoms with Gasteiger partial charge >= 0.3 is 0 Å². The third-order valence-electron chi connectivity index (χ3n) is 1.59. The Hall–Kier alpha value is -0.0800. The van der Waals surface area contributed by atoms with Gasteiger partial charge in [0.15, 0.2) is 0 Å². The van der Waals surface area contributed by atoms with Gasteiger partial charge in [0.2, 0.25) is 0 Å². The van der Waals surface area contributed by atoms with E-state index in [-0.39, 0.29) is 6.10 Å². The highest BCUT2D eigenvalue weighted by Crippen LogP contribution is 2.02. The van der Waals surface area contributed by atoms with Crippen molar-refractivity contribution in [2.45, 2.75) is 38.7 Å². The SMILES string of the molecule is CCCC(O)CCCNC. The molecule has 0 fully saturated rings. The van der Waals surface area contributed by atoms with Gasteiger partial charge in [-0.1, -0.05) is 13.3 Å². The molecule has 62 valence electrons. The first kappa shape index (κ1) is 9.92. The van der Waals surface area contributed by atoms with Crippen molar-refractivity contribution in [2.75, 3.05) is 13.6 Å². The summed E-state index contributed by atoms with van der Waals surface area (Å²) in [4.78, 5) is 0. The van der Waals surface area contributed by atoms with Crippen LogP contribution in [0.25, 0.3) is 0 Å². The molecule has 0 amide bonds.